The van der Waals surface area contributed by atoms with E-state index in [0.29, 0.717) is 5.78 Å². The van der Waals surface area contributed by atoms with Crippen LogP contribution in [0.5, 0.6) is 0 Å². The number of rotatable bonds is 2. The zero-order chi connectivity index (χ0) is 7.40. The maximum atomic E-state index is 11.0. The lowest BCUT2D eigenvalue weighted by atomic mass is 10.1. The molecule has 0 heterocycles. The molecule has 0 aromatic heterocycles. The molecule has 1 saturated carbocycles. The van der Waals surface area contributed by atoms with E-state index in [1.54, 1.807) is 0 Å². The Hall–Kier alpha value is -0.590. The van der Waals surface area contributed by atoms with Crippen molar-refractivity contribution in [3.8, 4) is 0 Å². The standard InChI is InChI=1S/C9H14O/c1-2-3-5-8-6-4-7-9(8)10/h5H,2-4,6-7H2,1H3/b8-5+. The molecule has 0 unspecified atom stereocenters. The Labute approximate surface area is 62.1 Å². The van der Waals surface area contributed by atoms with Crippen LogP contribution in [0.15, 0.2) is 11.6 Å². The van der Waals surface area contributed by atoms with Crippen LogP contribution < -0.4 is 0 Å². The van der Waals surface area contributed by atoms with Crippen LogP contribution in [0.2, 0.25) is 0 Å². The molecule has 0 aromatic rings. The van der Waals surface area contributed by atoms with Crippen molar-refractivity contribution in [2.45, 2.75) is 39.0 Å². The summed E-state index contributed by atoms with van der Waals surface area (Å²) >= 11 is 0. The summed E-state index contributed by atoms with van der Waals surface area (Å²) in [5.41, 5.74) is 1.09. The zero-order valence-electron chi connectivity index (χ0n) is 6.52. The minimum atomic E-state index is 0.383. The lowest BCUT2D eigenvalue weighted by Gasteiger charge is -1.91. The Kier molecular flexibility index (Phi) is 2.67. The van der Waals surface area contributed by atoms with E-state index in [1.807, 2.05) is 0 Å². The second-order valence-electron chi connectivity index (χ2n) is 2.79. The Bertz CT molecular complexity index is 156. The van der Waals surface area contributed by atoms with E-state index < -0.39 is 0 Å². The van der Waals surface area contributed by atoms with Crippen LogP contribution >= 0.6 is 0 Å². The Morgan fingerprint density at radius 3 is 2.80 bits per heavy atom. The van der Waals surface area contributed by atoms with Crippen molar-refractivity contribution in [2.24, 2.45) is 0 Å². The van der Waals surface area contributed by atoms with E-state index in [0.717, 1.165) is 37.7 Å². The van der Waals surface area contributed by atoms with E-state index in [4.69, 9.17) is 0 Å². The first-order chi connectivity index (χ1) is 4.84. The SMILES string of the molecule is CCC/C=C1\CCCC1=O. The molecule has 1 nitrogen and oxygen atoms in total. The van der Waals surface area contributed by atoms with Crippen LogP contribution in [0.1, 0.15) is 39.0 Å². The summed E-state index contributed by atoms with van der Waals surface area (Å²) < 4.78 is 0. The fraction of sp³-hybridized carbons (Fsp3) is 0.667. The summed E-state index contributed by atoms with van der Waals surface area (Å²) in [5.74, 6) is 0.383. The van der Waals surface area contributed by atoms with Gasteiger partial charge in [0.25, 0.3) is 0 Å². The third-order valence-electron chi connectivity index (χ3n) is 1.89. The summed E-state index contributed by atoms with van der Waals surface area (Å²) in [7, 11) is 0. The van der Waals surface area contributed by atoms with Crippen molar-refractivity contribution >= 4 is 5.78 Å². The largest absolute Gasteiger partial charge is 0.295 e. The molecule has 0 atom stereocenters. The summed E-state index contributed by atoms with van der Waals surface area (Å²) in [4.78, 5) is 11.0. The number of Topliss-reactive ketones (excluding diaryl/α,β-unsaturated/α-hetero) is 1. The minimum absolute atomic E-state index is 0.383. The maximum Gasteiger partial charge on any atom is 0.158 e. The van der Waals surface area contributed by atoms with Crippen LogP contribution in [0.3, 0.4) is 0 Å². The van der Waals surface area contributed by atoms with Crippen LogP contribution in [0, 0.1) is 0 Å². The highest BCUT2D eigenvalue weighted by Gasteiger charge is 2.15. The summed E-state index contributed by atoms with van der Waals surface area (Å²) in [6.07, 6.45) is 7.22. The van der Waals surface area contributed by atoms with Gasteiger partial charge >= 0.3 is 0 Å². The van der Waals surface area contributed by atoms with Crippen LogP contribution in [0.4, 0.5) is 0 Å². The monoisotopic (exact) mass is 138 g/mol. The summed E-state index contributed by atoms with van der Waals surface area (Å²) in [6.45, 7) is 2.14. The number of carbonyl (C=O) groups is 1. The van der Waals surface area contributed by atoms with Gasteiger partial charge in [0.15, 0.2) is 5.78 Å². The predicted molar refractivity (Wildman–Crippen MR) is 41.8 cm³/mol. The molecule has 0 N–H and O–H groups in total. The third kappa shape index (κ3) is 1.69. The predicted octanol–water partition coefficient (Wildman–Crippen LogP) is 2.47. The highest BCUT2D eigenvalue weighted by atomic mass is 16.1. The second-order valence-corrected chi connectivity index (χ2v) is 2.79. The normalized spacial score (nSPS) is 22.5. The van der Waals surface area contributed by atoms with Gasteiger partial charge in [0, 0.05) is 6.42 Å². The molecule has 0 bridgehead atoms. The average Bonchev–Trinajstić information content (AvgIpc) is 2.31. The van der Waals surface area contributed by atoms with Gasteiger partial charge < -0.3 is 0 Å². The molecule has 1 fully saturated rings. The number of hydrogen-bond donors (Lipinski definition) is 0. The number of carbonyl (C=O) groups excluding carboxylic acids is 1. The fourth-order valence-corrected chi connectivity index (χ4v) is 1.27. The molecule has 0 saturated heterocycles. The van der Waals surface area contributed by atoms with Gasteiger partial charge in [-0.15, -0.1) is 0 Å². The Balaban J connectivity index is 2.46. The molecule has 1 rings (SSSR count). The smallest absolute Gasteiger partial charge is 0.158 e. The molecule has 1 aliphatic carbocycles. The quantitative estimate of drug-likeness (QED) is 0.536. The van der Waals surface area contributed by atoms with Gasteiger partial charge in [-0.2, -0.15) is 0 Å². The first kappa shape index (κ1) is 7.52. The van der Waals surface area contributed by atoms with Gasteiger partial charge in [-0.1, -0.05) is 19.4 Å². The van der Waals surface area contributed by atoms with E-state index in [2.05, 4.69) is 13.0 Å². The zero-order valence-corrected chi connectivity index (χ0v) is 6.52. The summed E-state index contributed by atoms with van der Waals surface area (Å²) in [6, 6.07) is 0. The molecule has 56 valence electrons. The van der Waals surface area contributed by atoms with Gasteiger partial charge in [0.1, 0.15) is 0 Å². The molecule has 0 amide bonds. The van der Waals surface area contributed by atoms with E-state index in [-0.39, 0.29) is 0 Å². The molecule has 0 radical (unpaired) electrons. The van der Waals surface area contributed by atoms with Crippen molar-refractivity contribution in [1.29, 1.82) is 0 Å². The van der Waals surface area contributed by atoms with Crippen molar-refractivity contribution in [1.82, 2.24) is 0 Å². The minimum Gasteiger partial charge on any atom is -0.295 e. The molecular formula is C9H14O. The molecule has 0 aliphatic heterocycles. The van der Waals surface area contributed by atoms with Crippen LogP contribution in [-0.2, 0) is 4.79 Å². The van der Waals surface area contributed by atoms with Crippen LogP contribution in [0.25, 0.3) is 0 Å². The Morgan fingerprint density at radius 1 is 1.50 bits per heavy atom. The maximum absolute atomic E-state index is 11.0. The third-order valence-corrected chi connectivity index (χ3v) is 1.89. The fourth-order valence-electron chi connectivity index (χ4n) is 1.27. The lowest BCUT2D eigenvalue weighted by molar-refractivity contribution is -0.114. The van der Waals surface area contributed by atoms with Gasteiger partial charge in [0.2, 0.25) is 0 Å². The highest BCUT2D eigenvalue weighted by molar-refractivity contribution is 5.97. The first-order valence-corrected chi connectivity index (χ1v) is 4.07. The molecule has 1 aliphatic rings. The van der Waals surface area contributed by atoms with Gasteiger partial charge in [-0.25, -0.2) is 0 Å². The van der Waals surface area contributed by atoms with Crippen molar-refractivity contribution in [3.63, 3.8) is 0 Å². The first-order valence-electron chi connectivity index (χ1n) is 4.07. The van der Waals surface area contributed by atoms with E-state index >= 15 is 0 Å². The average molecular weight is 138 g/mol. The van der Waals surface area contributed by atoms with E-state index in [9.17, 15) is 4.79 Å². The number of allylic oxidation sites excluding steroid dienone is 2. The molecule has 1 heteroatoms. The van der Waals surface area contributed by atoms with Gasteiger partial charge in [-0.05, 0) is 24.8 Å². The number of unbranched alkanes of at least 4 members (excludes halogenated alkanes) is 1. The highest BCUT2D eigenvalue weighted by Crippen LogP contribution is 2.20. The van der Waals surface area contributed by atoms with Crippen molar-refractivity contribution in [2.75, 3.05) is 0 Å². The van der Waals surface area contributed by atoms with Crippen LogP contribution in [-0.4, -0.2) is 5.78 Å². The second kappa shape index (κ2) is 3.55. The number of hydrogen-bond acceptors (Lipinski definition) is 1. The molecule has 0 spiro atoms. The lowest BCUT2D eigenvalue weighted by Crippen LogP contribution is -1.90. The van der Waals surface area contributed by atoms with Gasteiger partial charge in [-0.3, -0.25) is 4.79 Å². The van der Waals surface area contributed by atoms with E-state index in [1.165, 1.54) is 0 Å². The molecule has 10 heavy (non-hydrogen) atoms. The molecular weight excluding hydrogens is 124 g/mol. The van der Waals surface area contributed by atoms with Gasteiger partial charge in [0.05, 0.1) is 0 Å². The Morgan fingerprint density at radius 2 is 2.30 bits per heavy atom. The topological polar surface area (TPSA) is 17.1 Å². The molecule has 0 aromatic carbocycles. The summed E-state index contributed by atoms with van der Waals surface area (Å²) in [5, 5.41) is 0. The van der Waals surface area contributed by atoms with Crippen molar-refractivity contribution < 1.29 is 4.79 Å². The number of ketones is 1. The van der Waals surface area contributed by atoms with Crippen molar-refractivity contribution in [3.05, 3.63) is 11.6 Å².